The first-order valence-electron chi connectivity index (χ1n) is 6.41. The molecule has 1 N–H and O–H groups in total. The highest BCUT2D eigenvalue weighted by atomic mass is 32.2. The van der Waals surface area contributed by atoms with Gasteiger partial charge < -0.3 is 9.84 Å². The molecule has 0 amide bonds. The fourth-order valence-corrected chi connectivity index (χ4v) is 3.20. The molecule has 0 fully saturated rings. The van der Waals surface area contributed by atoms with E-state index in [1.807, 2.05) is 18.2 Å². The number of methoxy groups -OCH3 is 1. The van der Waals surface area contributed by atoms with Gasteiger partial charge >= 0.3 is 0 Å². The summed E-state index contributed by atoms with van der Waals surface area (Å²) in [5.74, 6) is 0.691. The first kappa shape index (κ1) is 16.9. The summed E-state index contributed by atoms with van der Waals surface area (Å²) in [5.41, 5.74) is 0.843. The lowest BCUT2D eigenvalue weighted by molar-refractivity contribution is 0.249. The molecule has 1 aromatic carbocycles. The van der Waals surface area contributed by atoms with Gasteiger partial charge in [0.25, 0.3) is 10.2 Å². The fraction of sp³-hybridized carbons (Fsp3) is 0.538. The van der Waals surface area contributed by atoms with E-state index in [0.29, 0.717) is 12.3 Å². The van der Waals surface area contributed by atoms with Gasteiger partial charge in [-0.1, -0.05) is 19.1 Å². The molecule has 0 aliphatic carbocycles. The average molecular weight is 302 g/mol. The maximum atomic E-state index is 12.3. The highest BCUT2D eigenvalue weighted by molar-refractivity contribution is 7.86. The second-order valence-electron chi connectivity index (χ2n) is 4.33. The van der Waals surface area contributed by atoms with Crippen LogP contribution < -0.4 is 4.74 Å². The van der Waals surface area contributed by atoms with Crippen molar-refractivity contribution in [3.63, 3.8) is 0 Å². The van der Waals surface area contributed by atoms with Gasteiger partial charge in [-0.15, -0.1) is 0 Å². The van der Waals surface area contributed by atoms with E-state index in [1.165, 1.54) is 15.7 Å². The summed E-state index contributed by atoms with van der Waals surface area (Å²) in [6.07, 6.45) is 0. The monoisotopic (exact) mass is 302 g/mol. The van der Waals surface area contributed by atoms with Gasteiger partial charge in [0.1, 0.15) is 5.75 Å². The smallest absolute Gasteiger partial charge is 0.282 e. The van der Waals surface area contributed by atoms with Gasteiger partial charge in [0, 0.05) is 26.7 Å². The molecule has 0 spiro atoms. The van der Waals surface area contributed by atoms with E-state index in [2.05, 4.69) is 0 Å². The number of hydrogen-bond donors (Lipinski definition) is 1. The minimum atomic E-state index is -3.57. The number of nitrogens with zero attached hydrogens (tertiary/aromatic N) is 2. The molecule has 0 aromatic heterocycles. The van der Waals surface area contributed by atoms with Crippen molar-refractivity contribution in [3.05, 3.63) is 29.8 Å². The largest absolute Gasteiger partial charge is 0.497 e. The number of rotatable bonds is 8. The standard InChI is InChI=1S/C13H22N2O4S/c1-4-15(8-9-16)20(17,18)14(2)11-12-6-5-7-13(10-12)19-3/h5-7,10,16H,4,8-9,11H2,1-3H3. The van der Waals surface area contributed by atoms with E-state index in [9.17, 15) is 8.42 Å². The molecule has 1 aromatic rings. The molecule has 0 aliphatic rings. The minimum Gasteiger partial charge on any atom is -0.497 e. The van der Waals surface area contributed by atoms with Crippen molar-refractivity contribution in [2.45, 2.75) is 13.5 Å². The third-order valence-electron chi connectivity index (χ3n) is 2.96. The second kappa shape index (κ2) is 7.58. The normalized spacial score (nSPS) is 12.1. The lowest BCUT2D eigenvalue weighted by Gasteiger charge is -2.26. The van der Waals surface area contributed by atoms with Gasteiger partial charge in [0.2, 0.25) is 0 Å². The van der Waals surface area contributed by atoms with Crippen LogP contribution in [0.1, 0.15) is 12.5 Å². The molecule has 0 unspecified atom stereocenters. The van der Waals surface area contributed by atoms with Crippen LogP contribution in [0.15, 0.2) is 24.3 Å². The summed E-state index contributed by atoms with van der Waals surface area (Å²) < 4.78 is 32.3. The Morgan fingerprint density at radius 1 is 1.35 bits per heavy atom. The molecule has 7 heteroatoms. The zero-order valence-electron chi connectivity index (χ0n) is 12.1. The Balaban J connectivity index is 2.85. The Hall–Kier alpha value is -1.15. The van der Waals surface area contributed by atoms with Crippen LogP contribution in [0.5, 0.6) is 5.75 Å². The first-order valence-corrected chi connectivity index (χ1v) is 7.80. The molecule has 1 rings (SSSR count). The summed E-state index contributed by atoms with van der Waals surface area (Å²) in [4.78, 5) is 0. The van der Waals surface area contributed by atoms with E-state index in [0.717, 1.165) is 5.56 Å². The zero-order chi connectivity index (χ0) is 15.2. The zero-order valence-corrected chi connectivity index (χ0v) is 12.9. The van der Waals surface area contributed by atoms with Crippen molar-refractivity contribution in [2.24, 2.45) is 0 Å². The maximum Gasteiger partial charge on any atom is 0.282 e. The third kappa shape index (κ3) is 4.17. The van der Waals surface area contributed by atoms with Gasteiger partial charge in [0.05, 0.1) is 13.7 Å². The maximum absolute atomic E-state index is 12.3. The van der Waals surface area contributed by atoms with Gasteiger partial charge in [-0.05, 0) is 17.7 Å². The lowest BCUT2D eigenvalue weighted by Crippen LogP contribution is -2.42. The Kier molecular flexibility index (Phi) is 6.41. The second-order valence-corrected chi connectivity index (χ2v) is 6.37. The minimum absolute atomic E-state index is 0.0985. The number of likely N-dealkylation sites (N-methyl/N-ethyl adjacent to an activating group) is 1. The van der Waals surface area contributed by atoms with Crippen LogP contribution in [0.3, 0.4) is 0 Å². The van der Waals surface area contributed by atoms with E-state index in [4.69, 9.17) is 9.84 Å². The average Bonchev–Trinajstić information content (AvgIpc) is 2.44. The summed E-state index contributed by atoms with van der Waals surface area (Å²) in [7, 11) is -0.473. The molecule has 20 heavy (non-hydrogen) atoms. The number of aliphatic hydroxyl groups excluding tert-OH is 1. The van der Waals surface area contributed by atoms with Crippen LogP contribution in [0.4, 0.5) is 0 Å². The highest BCUT2D eigenvalue weighted by Gasteiger charge is 2.25. The molecule has 6 nitrogen and oxygen atoms in total. The molecule has 0 saturated heterocycles. The van der Waals surface area contributed by atoms with Crippen LogP contribution in [0, 0.1) is 0 Å². The van der Waals surface area contributed by atoms with Gasteiger partial charge in [0.15, 0.2) is 0 Å². The van der Waals surface area contributed by atoms with E-state index >= 15 is 0 Å². The summed E-state index contributed by atoms with van der Waals surface area (Å²) in [5, 5.41) is 8.93. The van der Waals surface area contributed by atoms with Crippen molar-refractivity contribution in [2.75, 3.05) is 33.9 Å². The third-order valence-corrected chi connectivity index (χ3v) is 4.97. The molecular weight excluding hydrogens is 280 g/mol. The molecule has 0 aliphatic heterocycles. The number of benzene rings is 1. The van der Waals surface area contributed by atoms with E-state index in [1.54, 1.807) is 20.1 Å². The van der Waals surface area contributed by atoms with Crippen molar-refractivity contribution in [1.82, 2.24) is 8.61 Å². The van der Waals surface area contributed by atoms with Crippen LogP contribution in [0.2, 0.25) is 0 Å². The Bertz CT molecular complexity index is 519. The quantitative estimate of drug-likeness (QED) is 0.767. The van der Waals surface area contributed by atoms with Crippen molar-refractivity contribution < 1.29 is 18.3 Å². The first-order chi connectivity index (χ1) is 9.45. The summed E-state index contributed by atoms with van der Waals surface area (Å²) in [6, 6.07) is 7.27. The van der Waals surface area contributed by atoms with Crippen molar-refractivity contribution in [3.8, 4) is 5.75 Å². The SMILES string of the molecule is CCN(CCO)S(=O)(=O)N(C)Cc1cccc(OC)c1. The number of ether oxygens (including phenoxy) is 1. The number of aliphatic hydroxyl groups is 1. The predicted molar refractivity (Wildman–Crippen MR) is 77.7 cm³/mol. The molecule has 0 bridgehead atoms. The molecule has 0 heterocycles. The topological polar surface area (TPSA) is 70.1 Å². The highest BCUT2D eigenvalue weighted by Crippen LogP contribution is 2.16. The molecule has 0 radical (unpaired) electrons. The lowest BCUT2D eigenvalue weighted by atomic mass is 10.2. The predicted octanol–water partition coefficient (Wildman–Crippen LogP) is 0.686. The van der Waals surface area contributed by atoms with Crippen LogP contribution in [-0.2, 0) is 16.8 Å². The van der Waals surface area contributed by atoms with E-state index in [-0.39, 0.29) is 19.7 Å². The molecule has 0 saturated carbocycles. The molecule has 0 atom stereocenters. The fourth-order valence-electron chi connectivity index (χ4n) is 1.85. The van der Waals surface area contributed by atoms with Crippen molar-refractivity contribution in [1.29, 1.82) is 0 Å². The van der Waals surface area contributed by atoms with Gasteiger partial charge in [-0.3, -0.25) is 0 Å². The Morgan fingerprint density at radius 2 is 2.05 bits per heavy atom. The van der Waals surface area contributed by atoms with Crippen LogP contribution in [0.25, 0.3) is 0 Å². The van der Waals surface area contributed by atoms with Gasteiger partial charge in [-0.2, -0.15) is 17.0 Å². The summed E-state index contributed by atoms with van der Waals surface area (Å²) >= 11 is 0. The Labute approximate surface area is 120 Å². The van der Waals surface area contributed by atoms with Crippen LogP contribution in [-0.4, -0.2) is 56.0 Å². The summed E-state index contributed by atoms with van der Waals surface area (Å²) in [6.45, 7) is 2.22. The van der Waals surface area contributed by atoms with Crippen molar-refractivity contribution >= 4 is 10.2 Å². The number of hydrogen-bond acceptors (Lipinski definition) is 4. The van der Waals surface area contributed by atoms with E-state index < -0.39 is 10.2 Å². The Morgan fingerprint density at radius 3 is 2.60 bits per heavy atom. The van der Waals surface area contributed by atoms with Gasteiger partial charge in [-0.25, -0.2) is 0 Å². The molecule has 114 valence electrons. The molecular formula is C13H22N2O4S. The van der Waals surface area contributed by atoms with Crippen LogP contribution >= 0.6 is 0 Å².